The van der Waals surface area contributed by atoms with Gasteiger partial charge in [-0.2, -0.15) is 0 Å². The fourth-order valence-corrected chi connectivity index (χ4v) is 3.00. The molecule has 1 heterocycles. The molecular formula is C10H22N2O2S. The highest BCUT2D eigenvalue weighted by molar-refractivity contribution is 7.88. The Bertz CT molecular complexity index is 288. The van der Waals surface area contributed by atoms with Gasteiger partial charge < -0.3 is 5.73 Å². The lowest BCUT2D eigenvalue weighted by Gasteiger charge is -2.31. The molecule has 4 nitrogen and oxygen atoms in total. The largest absolute Gasteiger partial charge is 0.328 e. The molecule has 0 amide bonds. The molecule has 1 aliphatic rings. The summed E-state index contributed by atoms with van der Waals surface area (Å²) in [6.07, 6.45) is 5.45. The molecule has 0 aromatic rings. The molecule has 0 aromatic heterocycles. The van der Waals surface area contributed by atoms with E-state index in [2.05, 4.69) is 0 Å². The number of rotatable bonds is 4. The Kier molecular flexibility index (Phi) is 4.55. The van der Waals surface area contributed by atoms with Crippen LogP contribution in [0.5, 0.6) is 0 Å². The standard InChI is InChI=1S/C10H22N2O2S/c1-9(11)5-6-10-4-3-7-12(8-10)15(2,13)14/h9-10H,3-8,11H2,1-2H3. The maximum atomic E-state index is 11.4. The molecule has 1 rings (SSSR count). The molecule has 2 unspecified atom stereocenters. The van der Waals surface area contributed by atoms with Gasteiger partial charge in [-0.25, -0.2) is 12.7 Å². The zero-order valence-electron chi connectivity index (χ0n) is 9.65. The molecule has 0 bridgehead atoms. The van der Waals surface area contributed by atoms with Gasteiger partial charge >= 0.3 is 0 Å². The maximum absolute atomic E-state index is 11.4. The minimum absolute atomic E-state index is 0.221. The lowest BCUT2D eigenvalue weighted by molar-refractivity contribution is 0.251. The van der Waals surface area contributed by atoms with Crippen LogP contribution >= 0.6 is 0 Å². The molecule has 1 saturated heterocycles. The van der Waals surface area contributed by atoms with Gasteiger partial charge in [0.15, 0.2) is 0 Å². The van der Waals surface area contributed by atoms with Gasteiger partial charge in [0, 0.05) is 19.1 Å². The van der Waals surface area contributed by atoms with Crippen LogP contribution in [0.15, 0.2) is 0 Å². The highest BCUT2D eigenvalue weighted by atomic mass is 32.2. The van der Waals surface area contributed by atoms with Crippen LogP contribution in [0.3, 0.4) is 0 Å². The second kappa shape index (κ2) is 5.27. The molecule has 1 fully saturated rings. The summed E-state index contributed by atoms with van der Waals surface area (Å²) in [6, 6.07) is 0.221. The van der Waals surface area contributed by atoms with Crippen LogP contribution < -0.4 is 5.73 Å². The van der Waals surface area contributed by atoms with Crippen molar-refractivity contribution in [1.29, 1.82) is 0 Å². The first-order valence-corrected chi connectivity index (χ1v) is 7.45. The molecule has 2 atom stereocenters. The average molecular weight is 234 g/mol. The summed E-state index contributed by atoms with van der Waals surface area (Å²) in [5.41, 5.74) is 5.70. The number of nitrogens with zero attached hydrogens (tertiary/aromatic N) is 1. The van der Waals surface area contributed by atoms with E-state index in [1.165, 1.54) is 6.26 Å². The molecule has 2 N–H and O–H groups in total. The Morgan fingerprint density at radius 2 is 2.20 bits per heavy atom. The molecule has 90 valence electrons. The van der Waals surface area contributed by atoms with Crippen LogP contribution in [0, 0.1) is 5.92 Å². The lowest BCUT2D eigenvalue weighted by atomic mass is 9.93. The van der Waals surface area contributed by atoms with Crippen molar-refractivity contribution in [3.8, 4) is 0 Å². The van der Waals surface area contributed by atoms with Crippen molar-refractivity contribution in [3.05, 3.63) is 0 Å². The van der Waals surface area contributed by atoms with Gasteiger partial charge in [-0.05, 0) is 38.5 Å². The van der Waals surface area contributed by atoms with E-state index in [1.54, 1.807) is 4.31 Å². The van der Waals surface area contributed by atoms with E-state index in [0.29, 0.717) is 19.0 Å². The summed E-state index contributed by atoms with van der Waals surface area (Å²) >= 11 is 0. The van der Waals surface area contributed by atoms with Crippen molar-refractivity contribution >= 4 is 10.0 Å². The van der Waals surface area contributed by atoms with Gasteiger partial charge in [0.05, 0.1) is 6.26 Å². The fraction of sp³-hybridized carbons (Fsp3) is 1.00. The van der Waals surface area contributed by atoms with Crippen molar-refractivity contribution in [2.24, 2.45) is 11.7 Å². The van der Waals surface area contributed by atoms with E-state index >= 15 is 0 Å². The molecule has 0 aliphatic carbocycles. The number of nitrogens with two attached hydrogens (primary N) is 1. The summed E-state index contributed by atoms with van der Waals surface area (Å²) in [4.78, 5) is 0. The van der Waals surface area contributed by atoms with E-state index in [4.69, 9.17) is 5.73 Å². The van der Waals surface area contributed by atoms with Crippen LogP contribution in [0.2, 0.25) is 0 Å². The molecule has 5 heteroatoms. The first-order valence-electron chi connectivity index (χ1n) is 5.60. The van der Waals surface area contributed by atoms with Gasteiger partial charge in [0.25, 0.3) is 0 Å². The molecule has 15 heavy (non-hydrogen) atoms. The highest BCUT2D eigenvalue weighted by Gasteiger charge is 2.25. The Morgan fingerprint density at radius 1 is 1.53 bits per heavy atom. The topological polar surface area (TPSA) is 63.4 Å². The van der Waals surface area contributed by atoms with Crippen LogP contribution in [0.1, 0.15) is 32.6 Å². The van der Waals surface area contributed by atoms with E-state index in [9.17, 15) is 8.42 Å². The maximum Gasteiger partial charge on any atom is 0.211 e. The third kappa shape index (κ3) is 4.49. The van der Waals surface area contributed by atoms with Gasteiger partial charge in [-0.1, -0.05) is 0 Å². The van der Waals surface area contributed by atoms with E-state index < -0.39 is 10.0 Å². The second-order valence-electron chi connectivity index (χ2n) is 4.68. The van der Waals surface area contributed by atoms with Gasteiger partial charge in [0.1, 0.15) is 0 Å². The van der Waals surface area contributed by atoms with Crippen LogP contribution in [-0.4, -0.2) is 38.1 Å². The summed E-state index contributed by atoms with van der Waals surface area (Å²) in [7, 11) is -3.00. The normalized spacial score (nSPS) is 26.5. The smallest absolute Gasteiger partial charge is 0.211 e. The quantitative estimate of drug-likeness (QED) is 0.782. The minimum Gasteiger partial charge on any atom is -0.328 e. The zero-order valence-corrected chi connectivity index (χ0v) is 10.5. The molecule has 0 spiro atoms. The number of hydrogen-bond donors (Lipinski definition) is 1. The number of sulfonamides is 1. The van der Waals surface area contributed by atoms with E-state index in [-0.39, 0.29) is 6.04 Å². The summed E-state index contributed by atoms with van der Waals surface area (Å²) in [6.45, 7) is 3.37. The molecule has 0 saturated carbocycles. The highest BCUT2D eigenvalue weighted by Crippen LogP contribution is 2.22. The molecule has 0 radical (unpaired) electrons. The Hall–Kier alpha value is -0.130. The summed E-state index contributed by atoms with van der Waals surface area (Å²) in [5, 5.41) is 0. The van der Waals surface area contributed by atoms with Crippen molar-refractivity contribution in [3.63, 3.8) is 0 Å². The zero-order chi connectivity index (χ0) is 11.5. The minimum atomic E-state index is -3.00. The van der Waals surface area contributed by atoms with Crippen molar-refractivity contribution in [2.75, 3.05) is 19.3 Å². The predicted molar refractivity (Wildman–Crippen MR) is 62.0 cm³/mol. The van der Waals surface area contributed by atoms with Crippen LogP contribution in [0.25, 0.3) is 0 Å². The number of piperidine rings is 1. The van der Waals surface area contributed by atoms with Gasteiger partial charge in [0.2, 0.25) is 10.0 Å². The Labute approximate surface area is 92.9 Å². The van der Waals surface area contributed by atoms with Crippen LogP contribution in [0.4, 0.5) is 0 Å². The Balaban J connectivity index is 2.43. The van der Waals surface area contributed by atoms with E-state index in [1.807, 2.05) is 6.92 Å². The third-order valence-corrected chi connectivity index (χ3v) is 4.25. The first kappa shape index (κ1) is 12.9. The monoisotopic (exact) mass is 234 g/mol. The first-order chi connectivity index (χ1) is 6.89. The summed E-state index contributed by atoms with van der Waals surface area (Å²) in [5.74, 6) is 0.500. The molecule has 1 aliphatic heterocycles. The van der Waals surface area contributed by atoms with Gasteiger partial charge in [-0.15, -0.1) is 0 Å². The number of hydrogen-bond acceptors (Lipinski definition) is 3. The van der Waals surface area contributed by atoms with Crippen molar-refractivity contribution in [1.82, 2.24) is 4.31 Å². The Morgan fingerprint density at radius 3 is 2.73 bits per heavy atom. The second-order valence-corrected chi connectivity index (χ2v) is 6.67. The van der Waals surface area contributed by atoms with E-state index in [0.717, 1.165) is 25.7 Å². The predicted octanol–water partition coefficient (Wildman–Crippen LogP) is 0.785. The third-order valence-electron chi connectivity index (χ3n) is 2.98. The van der Waals surface area contributed by atoms with Crippen molar-refractivity contribution in [2.45, 2.75) is 38.6 Å². The van der Waals surface area contributed by atoms with Crippen LogP contribution in [-0.2, 0) is 10.0 Å². The molecular weight excluding hydrogens is 212 g/mol. The summed E-state index contributed by atoms with van der Waals surface area (Å²) < 4.78 is 24.3. The van der Waals surface area contributed by atoms with Gasteiger partial charge in [-0.3, -0.25) is 0 Å². The average Bonchev–Trinajstić information content (AvgIpc) is 2.14. The fourth-order valence-electron chi connectivity index (χ4n) is 2.06. The van der Waals surface area contributed by atoms with Crippen molar-refractivity contribution < 1.29 is 8.42 Å². The lowest BCUT2D eigenvalue weighted by Crippen LogP contribution is -2.39. The SMILES string of the molecule is CC(N)CCC1CCCN(S(C)(=O)=O)C1. The molecule has 0 aromatic carbocycles.